The summed E-state index contributed by atoms with van der Waals surface area (Å²) in [6, 6.07) is 10.5. The van der Waals surface area contributed by atoms with Gasteiger partial charge in [-0.1, -0.05) is 44.2 Å². The first-order valence-electron chi connectivity index (χ1n) is 10.2. The maximum Gasteiger partial charge on any atom is 0.241 e. The molecule has 1 heterocycles. The molecule has 1 aromatic carbocycles. The van der Waals surface area contributed by atoms with Crippen LogP contribution >= 0.6 is 0 Å². The number of aryl methyl sites for hydroxylation is 1. The molecule has 0 aliphatic heterocycles. The Morgan fingerprint density at radius 1 is 1.33 bits per heavy atom. The summed E-state index contributed by atoms with van der Waals surface area (Å²) >= 11 is 0. The highest BCUT2D eigenvalue weighted by Gasteiger charge is 2.19. The summed E-state index contributed by atoms with van der Waals surface area (Å²) in [5.74, 6) is 0.773. The summed E-state index contributed by atoms with van der Waals surface area (Å²) in [6.45, 7) is 8.46. The Morgan fingerprint density at radius 2 is 2.15 bits per heavy atom. The molecule has 27 heavy (non-hydrogen) atoms. The molecular formula is C22H32N4O. The molecule has 3 rings (SSSR count). The Balaban J connectivity index is 1.37. The molecule has 1 N–H and O–H groups in total. The fraction of sp³-hybridized carbons (Fsp3) is 0.545. The fourth-order valence-corrected chi connectivity index (χ4v) is 3.75. The molecule has 0 unspecified atom stereocenters. The van der Waals surface area contributed by atoms with E-state index in [1.165, 1.54) is 23.2 Å². The second kappa shape index (κ2) is 9.70. The average molecular weight is 369 g/mol. The summed E-state index contributed by atoms with van der Waals surface area (Å²) in [7, 11) is 0. The zero-order chi connectivity index (χ0) is 19.1. The third-order valence-corrected chi connectivity index (χ3v) is 5.34. The van der Waals surface area contributed by atoms with E-state index < -0.39 is 0 Å². The van der Waals surface area contributed by atoms with Crippen LogP contribution in [0, 0.1) is 5.92 Å². The normalized spacial score (nSPS) is 16.3. The van der Waals surface area contributed by atoms with Crippen LogP contribution in [0.4, 0.5) is 0 Å². The smallest absolute Gasteiger partial charge is 0.241 e. The van der Waals surface area contributed by atoms with E-state index in [2.05, 4.69) is 59.6 Å². The summed E-state index contributed by atoms with van der Waals surface area (Å²) in [5, 5.41) is 7.63. The van der Waals surface area contributed by atoms with Gasteiger partial charge in [0.15, 0.2) is 0 Å². The minimum absolute atomic E-state index is 0.0500. The molecule has 0 fully saturated rings. The van der Waals surface area contributed by atoms with Crippen molar-refractivity contribution < 1.29 is 4.79 Å². The van der Waals surface area contributed by atoms with Gasteiger partial charge in [0, 0.05) is 25.8 Å². The van der Waals surface area contributed by atoms with Crippen LogP contribution in [-0.4, -0.2) is 40.2 Å². The fourth-order valence-electron chi connectivity index (χ4n) is 3.75. The summed E-state index contributed by atoms with van der Waals surface area (Å²) in [6.07, 6.45) is 6.35. The minimum atomic E-state index is 0.0500. The van der Waals surface area contributed by atoms with E-state index in [1.807, 2.05) is 10.7 Å². The molecule has 2 aromatic rings. The zero-order valence-electron chi connectivity index (χ0n) is 16.7. The van der Waals surface area contributed by atoms with E-state index in [0.717, 1.165) is 44.8 Å². The molecule has 0 radical (unpaired) electrons. The van der Waals surface area contributed by atoms with Gasteiger partial charge in [-0.25, -0.2) is 0 Å². The van der Waals surface area contributed by atoms with Gasteiger partial charge in [0.1, 0.15) is 6.54 Å². The lowest BCUT2D eigenvalue weighted by molar-refractivity contribution is -0.121. The number of amides is 1. The number of hydrogen-bond donors (Lipinski definition) is 1. The van der Waals surface area contributed by atoms with Gasteiger partial charge in [-0.2, -0.15) is 5.10 Å². The number of hydrogen-bond acceptors (Lipinski definition) is 3. The van der Waals surface area contributed by atoms with Gasteiger partial charge >= 0.3 is 0 Å². The first kappa shape index (κ1) is 19.6. The van der Waals surface area contributed by atoms with E-state index in [4.69, 9.17) is 0 Å². The van der Waals surface area contributed by atoms with Gasteiger partial charge in [0.05, 0.1) is 5.69 Å². The molecule has 1 amide bonds. The van der Waals surface area contributed by atoms with Crippen molar-refractivity contribution in [3.05, 3.63) is 53.3 Å². The lowest BCUT2D eigenvalue weighted by Gasteiger charge is -2.20. The minimum Gasteiger partial charge on any atom is -0.354 e. The van der Waals surface area contributed by atoms with Gasteiger partial charge in [-0.3, -0.25) is 14.4 Å². The van der Waals surface area contributed by atoms with E-state index in [0.29, 0.717) is 13.1 Å². The monoisotopic (exact) mass is 368 g/mol. The number of carbonyl (C=O) groups is 1. The van der Waals surface area contributed by atoms with Crippen LogP contribution < -0.4 is 5.32 Å². The summed E-state index contributed by atoms with van der Waals surface area (Å²) in [5.41, 5.74) is 3.84. The molecule has 1 aliphatic rings. The van der Waals surface area contributed by atoms with E-state index in [-0.39, 0.29) is 5.91 Å². The third-order valence-electron chi connectivity index (χ3n) is 5.34. The predicted molar refractivity (Wildman–Crippen MR) is 108 cm³/mol. The highest BCUT2D eigenvalue weighted by molar-refractivity contribution is 5.75. The predicted octanol–water partition coefficient (Wildman–Crippen LogP) is 3.04. The van der Waals surface area contributed by atoms with Gasteiger partial charge in [-0.05, 0) is 49.3 Å². The molecule has 5 heteroatoms. The molecule has 0 bridgehead atoms. The largest absolute Gasteiger partial charge is 0.354 e. The second-order valence-electron chi connectivity index (χ2n) is 7.70. The van der Waals surface area contributed by atoms with Crippen LogP contribution in [0.15, 0.2) is 36.5 Å². The van der Waals surface area contributed by atoms with Crippen molar-refractivity contribution in [1.82, 2.24) is 20.0 Å². The van der Waals surface area contributed by atoms with Gasteiger partial charge in [-0.15, -0.1) is 0 Å². The number of rotatable bonds is 9. The van der Waals surface area contributed by atoms with Crippen LogP contribution in [0.25, 0.3) is 0 Å². The first-order chi connectivity index (χ1) is 13.1. The molecule has 1 aliphatic carbocycles. The third kappa shape index (κ3) is 5.93. The van der Waals surface area contributed by atoms with Crippen molar-refractivity contribution in [3.8, 4) is 0 Å². The van der Waals surface area contributed by atoms with Crippen molar-refractivity contribution in [2.24, 2.45) is 5.92 Å². The topological polar surface area (TPSA) is 50.2 Å². The first-order valence-corrected chi connectivity index (χ1v) is 10.2. The van der Waals surface area contributed by atoms with Gasteiger partial charge < -0.3 is 5.32 Å². The van der Waals surface area contributed by atoms with Crippen LogP contribution in [0.3, 0.4) is 0 Å². The van der Waals surface area contributed by atoms with Crippen molar-refractivity contribution in [2.75, 3.05) is 19.6 Å². The Morgan fingerprint density at radius 3 is 2.93 bits per heavy atom. The van der Waals surface area contributed by atoms with Crippen molar-refractivity contribution in [1.29, 1.82) is 0 Å². The lowest BCUT2D eigenvalue weighted by Crippen LogP contribution is -2.31. The zero-order valence-corrected chi connectivity index (χ0v) is 16.7. The molecule has 0 saturated carbocycles. The number of fused-ring (bicyclic) bond motifs is 1. The van der Waals surface area contributed by atoms with E-state index in [9.17, 15) is 4.79 Å². The van der Waals surface area contributed by atoms with E-state index >= 15 is 0 Å². The van der Waals surface area contributed by atoms with Crippen LogP contribution in [0.1, 0.15) is 43.5 Å². The standard InChI is InChI=1S/C22H32N4O/c1-3-25(15-19-8-5-4-6-9-19)13-7-12-23-22(27)17-26-16-20-14-18(2)10-11-21(20)24-26/h4-6,8-9,16,18H,3,7,10-15,17H2,1-2H3,(H,23,27)/t18-/m1/s1. The van der Waals surface area contributed by atoms with Crippen LogP contribution in [-0.2, 0) is 30.7 Å². The molecule has 0 saturated heterocycles. The number of aromatic nitrogens is 2. The van der Waals surface area contributed by atoms with Crippen LogP contribution in [0.5, 0.6) is 0 Å². The molecule has 146 valence electrons. The molecular weight excluding hydrogens is 336 g/mol. The quantitative estimate of drug-likeness (QED) is 0.692. The summed E-state index contributed by atoms with van der Waals surface area (Å²) in [4.78, 5) is 14.6. The Labute approximate surface area is 162 Å². The molecule has 1 atom stereocenters. The van der Waals surface area contributed by atoms with Crippen LogP contribution in [0.2, 0.25) is 0 Å². The van der Waals surface area contributed by atoms with Crippen molar-refractivity contribution in [2.45, 2.75) is 52.6 Å². The molecule has 1 aromatic heterocycles. The lowest BCUT2D eigenvalue weighted by atomic mass is 9.89. The highest BCUT2D eigenvalue weighted by Crippen LogP contribution is 2.23. The van der Waals surface area contributed by atoms with Crippen molar-refractivity contribution in [3.63, 3.8) is 0 Å². The highest BCUT2D eigenvalue weighted by atomic mass is 16.2. The van der Waals surface area contributed by atoms with E-state index in [1.54, 1.807) is 0 Å². The molecule has 0 spiro atoms. The number of nitrogens with one attached hydrogen (secondary N) is 1. The maximum atomic E-state index is 12.2. The molecule has 5 nitrogen and oxygen atoms in total. The van der Waals surface area contributed by atoms with Gasteiger partial charge in [0.2, 0.25) is 5.91 Å². The Kier molecular flexibility index (Phi) is 7.04. The number of carbonyl (C=O) groups excluding carboxylic acids is 1. The Bertz CT molecular complexity index is 725. The number of benzene rings is 1. The van der Waals surface area contributed by atoms with Crippen molar-refractivity contribution >= 4 is 5.91 Å². The summed E-state index contributed by atoms with van der Waals surface area (Å²) < 4.78 is 1.81. The number of nitrogens with zero attached hydrogens (tertiary/aromatic N) is 3. The second-order valence-corrected chi connectivity index (χ2v) is 7.70. The SMILES string of the molecule is CCN(CCCNC(=O)Cn1cc2c(n1)CC[C@@H](C)C2)Cc1ccccc1. The average Bonchev–Trinajstić information content (AvgIpc) is 3.06. The van der Waals surface area contributed by atoms with Gasteiger partial charge in [0.25, 0.3) is 0 Å². The Hall–Kier alpha value is -2.14. The maximum absolute atomic E-state index is 12.2.